The molecule has 46 heavy (non-hydrogen) atoms. The fourth-order valence-electron chi connectivity index (χ4n) is 10.6. The number of nitrogens with zero attached hydrogens (tertiary/aromatic N) is 2. The zero-order valence-electron chi connectivity index (χ0n) is 28.8. The first-order valence-corrected chi connectivity index (χ1v) is 18.8. The topological polar surface area (TPSA) is 62.7 Å². The van der Waals surface area contributed by atoms with Crippen LogP contribution in [0.15, 0.2) is 24.3 Å². The summed E-state index contributed by atoms with van der Waals surface area (Å²) in [4.78, 5) is 11.0. The van der Waals surface area contributed by atoms with Crippen molar-refractivity contribution >= 4 is 0 Å². The molecule has 2 saturated carbocycles. The Morgan fingerprint density at radius 1 is 0.652 bits per heavy atom. The molecule has 0 radical (unpaired) electrons. The number of hydrogen-bond donors (Lipinski definition) is 0. The average Bonchev–Trinajstić information content (AvgIpc) is 3.08. The van der Waals surface area contributed by atoms with E-state index in [-0.39, 0.29) is 12.6 Å². The predicted octanol–water partition coefficient (Wildman–Crippen LogP) is 9.24. The SMILES string of the molecule is CC1(C)[C@@H]2C[C@H]1c1ccc(-c3ccc4c(n3)[C@@H](CCCOC3CCCCO3)[C@H]3C[C@@H]4C3(C)C)nc1[C@H]2CCCOC1CCCCO1. The largest absolute Gasteiger partial charge is 0.353 e. The first-order chi connectivity index (χ1) is 22.3. The number of aromatic nitrogens is 2. The van der Waals surface area contributed by atoms with E-state index in [1.54, 1.807) is 0 Å². The standard InChI is InChI=1S/C40H56N2O4/c1-39(2)29-23-31(39)27-15-17-33(41-37(27)25(29)11-9-21-45-35-13-5-7-19-43-35)34-18-16-28-32-24-30(40(32,3)4)26(38(28)42-34)12-10-22-46-36-14-6-8-20-44-36/h15-18,25-26,29-32,35-36H,5-14,19-24H2,1-4H3/t25-,26-,29+,30+,31-,32-,35?,36?/m0/s1. The van der Waals surface area contributed by atoms with Gasteiger partial charge in [0.2, 0.25) is 0 Å². The first-order valence-electron chi connectivity index (χ1n) is 18.8. The van der Waals surface area contributed by atoms with Crippen LogP contribution >= 0.6 is 0 Å². The molecule has 4 bridgehead atoms. The van der Waals surface area contributed by atoms with Crippen LogP contribution in [-0.2, 0) is 18.9 Å². The van der Waals surface area contributed by atoms with Crippen molar-refractivity contribution in [3.8, 4) is 11.4 Å². The second-order valence-electron chi connectivity index (χ2n) is 16.6. The van der Waals surface area contributed by atoms with Crippen LogP contribution in [0.4, 0.5) is 0 Å². The van der Waals surface area contributed by atoms with Crippen LogP contribution in [0, 0.1) is 22.7 Å². The quantitative estimate of drug-likeness (QED) is 0.231. The zero-order valence-corrected chi connectivity index (χ0v) is 28.8. The molecule has 6 heteroatoms. The summed E-state index contributed by atoms with van der Waals surface area (Å²) in [5.41, 5.74) is 8.43. The van der Waals surface area contributed by atoms with Gasteiger partial charge in [-0.25, -0.2) is 0 Å². The van der Waals surface area contributed by atoms with Crippen LogP contribution in [-0.4, -0.2) is 49.0 Å². The Hall–Kier alpha value is -1.86. The van der Waals surface area contributed by atoms with Gasteiger partial charge >= 0.3 is 0 Å². The third-order valence-electron chi connectivity index (χ3n) is 13.5. The van der Waals surface area contributed by atoms with Gasteiger partial charge in [0.1, 0.15) is 0 Å². The molecule has 2 aromatic rings. The first kappa shape index (κ1) is 31.4. The third-order valence-corrected chi connectivity index (χ3v) is 13.5. The van der Waals surface area contributed by atoms with Crippen molar-refractivity contribution in [1.29, 1.82) is 0 Å². The van der Waals surface area contributed by atoms with E-state index in [0.717, 1.165) is 89.2 Å². The highest BCUT2D eigenvalue weighted by molar-refractivity contribution is 5.59. The smallest absolute Gasteiger partial charge is 0.157 e. The minimum absolute atomic E-state index is 0.00408. The summed E-state index contributed by atoms with van der Waals surface area (Å²) in [6, 6.07) is 9.35. The van der Waals surface area contributed by atoms with Gasteiger partial charge in [-0.3, -0.25) is 9.97 Å². The Morgan fingerprint density at radius 3 is 1.50 bits per heavy atom. The minimum Gasteiger partial charge on any atom is -0.353 e. The Bertz CT molecular complexity index is 1290. The van der Waals surface area contributed by atoms with Crippen molar-refractivity contribution in [2.24, 2.45) is 22.7 Å². The van der Waals surface area contributed by atoms with Gasteiger partial charge in [-0.1, -0.05) is 39.8 Å². The van der Waals surface area contributed by atoms with Crippen molar-refractivity contribution in [3.05, 3.63) is 46.8 Å². The molecule has 0 aromatic carbocycles. The summed E-state index contributed by atoms with van der Waals surface area (Å²) in [5, 5.41) is 0. The predicted molar refractivity (Wildman–Crippen MR) is 180 cm³/mol. The van der Waals surface area contributed by atoms with Gasteiger partial charge in [-0.15, -0.1) is 0 Å². The van der Waals surface area contributed by atoms with Crippen LogP contribution < -0.4 is 0 Å². The third kappa shape index (κ3) is 5.47. The molecule has 10 rings (SSSR count). The molecule has 0 spiro atoms. The highest BCUT2D eigenvalue weighted by Crippen LogP contribution is 2.68. The minimum atomic E-state index is -0.00408. The molecule has 2 unspecified atom stereocenters. The van der Waals surface area contributed by atoms with Crippen LogP contribution in [0.1, 0.15) is 151 Å². The summed E-state index contributed by atoms with van der Waals surface area (Å²) in [6.45, 7) is 13.1. The molecule has 8 aliphatic rings. The van der Waals surface area contributed by atoms with Gasteiger partial charge in [0, 0.05) is 49.7 Å². The number of rotatable bonds is 11. The molecule has 2 aliphatic heterocycles. The number of pyridine rings is 2. The molecule has 250 valence electrons. The maximum atomic E-state index is 6.14. The van der Waals surface area contributed by atoms with Crippen molar-refractivity contribution in [1.82, 2.24) is 9.97 Å². The zero-order chi connectivity index (χ0) is 31.5. The van der Waals surface area contributed by atoms with Crippen molar-refractivity contribution in [2.75, 3.05) is 26.4 Å². The van der Waals surface area contributed by atoms with Crippen LogP contribution in [0.25, 0.3) is 11.4 Å². The van der Waals surface area contributed by atoms with Gasteiger partial charge < -0.3 is 18.9 Å². The maximum absolute atomic E-state index is 6.14. The lowest BCUT2D eigenvalue weighted by Crippen LogP contribution is -2.51. The van der Waals surface area contributed by atoms with Crippen LogP contribution in [0.5, 0.6) is 0 Å². The Morgan fingerprint density at radius 2 is 1.11 bits per heavy atom. The van der Waals surface area contributed by atoms with E-state index in [1.807, 2.05) is 0 Å². The molecular formula is C40H56N2O4. The number of ether oxygens (including phenoxy) is 4. The van der Waals surface area contributed by atoms with Crippen LogP contribution in [0.2, 0.25) is 0 Å². The normalized spacial score (nSPS) is 35.0. The summed E-state index contributed by atoms with van der Waals surface area (Å²) < 4.78 is 23.9. The van der Waals surface area contributed by atoms with E-state index in [0.29, 0.717) is 46.3 Å². The molecule has 6 nitrogen and oxygen atoms in total. The molecule has 0 amide bonds. The van der Waals surface area contributed by atoms with Gasteiger partial charge in [0.25, 0.3) is 0 Å². The van der Waals surface area contributed by atoms with E-state index >= 15 is 0 Å². The monoisotopic (exact) mass is 628 g/mol. The van der Waals surface area contributed by atoms with Crippen LogP contribution in [0.3, 0.4) is 0 Å². The summed E-state index contributed by atoms with van der Waals surface area (Å²) in [6.07, 6.45) is 13.8. The molecule has 8 atom stereocenters. The summed E-state index contributed by atoms with van der Waals surface area (Å²) >= 11 is 0. The van der Waals surface area contributed by atoms with Gasteiger partial charge in [0.05, 0.1) is 11.4 Å². The Kier molecular flexibility index (Phi) is 8.57. The molecule has 2 aromatic heterocycles. The van der Waals surface area contributed by atoms with E-state index in [9.17, 15) is 0 Å². The van der Waals surface area contributed by atoms with E-state index in [2.05, 4.69) is 52.0 Å². The second-order valence-corrected chi connectivity index (χ2v) is 16.6. The highest BCUT2D eigenvalue weighted by Gasteiger charge is 2.58. The Balaban J connectivity index is 1.01. The van der Waals surface area contributed by atoms with E-state index in [1.165, 1.54) is 48.2 Å². The van der Waals surface area contributed by atoms with Crippen molar-refractivity contribution < 1.29 is 18.9 Å². The summed E-state index contributed by atoms with van der Waals surface area (Å²) in [7, 11) is 0. The lowest BCUT2D eigenvalue weighted by atomic mass is 9.44. The lowest BCUT2D eigenvalue weighted by Gasteiger charge is -2.60. The average molecular weight is 629 g/mol. The highest BCUT2D eigenvalue weighted by atomic mass is 16.7. The van der Waals surface area contributed by atoms with Gasteiger partial charge in [-0.05, 0) is 135 Å². The van der Waals surface area contributed by atoms with Crippen molar-refractivity contribution in [2.45, 2.75) is 141 Å². The number of hydrogen-bond acceptors (Lipinski definition) is 6. The lowest BCUT2D eigenvalue weighted by molar-refractivity contribution is -0.163. The Labute approximate surface area is 276 Å². The fraction of sp³-hybridized carbons (Fsp3) is 0.750. The van der Waals surface area contributed by atoms with Crippen molar-refractivity contribution in [3.63, 3.8) is 0 Å². The maximum Gasteiger partial charge on any atom is 0.157 e. The molecule has 0 N–H and O–H groups in total. The molecule has 6 aliphatic carbocycles. The van der Waals surface area contributed by atoms with Gasteiger partial charge in [0.15, 0.2) is 12.6 Å². The second kappa shape index (κ2) is 12.5. The molecule has 4 heterocycles. The summed E-state index contributed by atoms with van der Waals surface area (Å²) in [5.74, 6) is 3.59. The molecular weight excluding hydrogens is 572 g/mol. The van der Waals surface area contributed by atoms with E-state index in [4.69, 9.17) is 28.9 Å². The van der Waals surface area contributed by atoms with Gasteiger partial charge in [-0.2, -0.15) is 0 Å². The molecule has 4 fully saturated rings. The van der Waals surface area contributed by atoms with E-state index < -0.39 is 0 Å². The fourth-order valence-corrected chi connectivity index (χ4v) is 10.6. The molecule has 2 saturated heterocycles.